The molecule has 0 saturated carbocycles. The van der Waals surface area contributed by atoms with Gasteiger partial charge < -0.3 is 15.1 Å². The van der Waals surface area contributed by atoms with Gasteiger partial charge in [-0.15, -0.1) is 0 Å². The van der Waals surface area contributed by atoms with E-state index in [1.165, 1.54) is 0 Å². The Bertz CT molecular complexity index is 370. The maximum Gasteiger partial charge on any atom is 0.272 e. The number of nitrogens with one attached hydrogen (secondary N) is 1. The van der Waals surface area contributed by atoms with E-state index in [9.17, 15) is 4.79 Å². The summed E-state index contributed by atoms with van der Waals surface area (Å²) in [4.78, 5) is 17.5. The quantitative estimate of drug-likeness (QED) is 0.428. The van der Waals surface area contributed by atoms with Crippen LogP contribution in [0.5, 0.6) is 0 Å². The highest BCUT2D eigenvalue weighted by molar-refractivity contribution is 5.92. The van der Waals surface area contributed by atoms with E-state index in [1.807, 2.05) is 6.92 Å². The Hall–Kier alpha value is -1.66. The molecule has 94 valence electrons. The lowest BCUT2D eigenvalue weighted by molar-refractivity contribution is 0.0704. The topological polar surface area (TPSA) is 80.5 Å². The third kappa shape index (κ3) is 4.01. The first kappa shape index (κ1) is 13.4. The summed E-state index contributed by atoms with van der Waals surface area (Å²) in [5.41, 5.74) is 3.49. The average Bonchev–Trinajstić information content (AvgIpc) is 2.38. The first-order chi connectivity index (χ1) is 8.19. The lowest BCUT2D eigenvalue weighted by atomic mass is 10.3. The predicted octanol–water partition coefficient (Wildman–Crippen LogP) is 0.476. The summed E-state index contributed by atoms with van der Waals surface area (Å²) in [5, 5.41) is 0. The first-order valence-electron chi connectivity index (χ1n) is 5.45. The van der Waals surface area contributed by atoms with E-state index in [0.717, 1.165) is 0 Å². The number of nitrogens with zero attached hydrogens (tertiary/aromatic N) is 2. The highest BCUT2D eigenvalue weighted by atomic mass is 16.5. The SMILES string of the molecule is CCOCCN(C)C(=O)c1cc(NN)ccn1. The molecule has 1 amide bonds. The fourth-order valence-corrected chi connectivity index (χ4v) is 1.28. The number of nitrogens with two attached hydrogens (primary N) is 1. The van der Waals surface area contributed by atoms with Gasteiger partial charge >= 0.3 is 0 Å². The molecule has 1 rings (SSSR count). The fraction of sp³-hybridized carbons (Fsp3) is 0.455. The van der Waals surface area contributed by atoms with Crippen LogP contribution in [0.3, 0.4) is 0 Å². The second-order valence-electron chi connectivity index (χ2n) is 3.50. The van der Waals surface area contributed by atoms with Crippen molar-refractivity contribution < 1.29 is 9.53 Å². The molecule has 0 bridgehead atoms. The summed E-state index contributed by atoms with van der Waals surface area (Å²) < 4.78 is 5.19. The molecule has 0 spiro atoms. The van der Waals surface area contributed by atoms with E-state index < -0.39 is 0 Å². The molecule has 1 aromatic rings. The van der Waals surface area contributed by atoms with Crippen molar-refractivity contribution in [2.24, 2.45) is 5.84 Å². The molecule has 1 heterocycles. The summed E-state index contributed by atoms with van der Waals surface area (Å²) in [6, 6.07) is 3.30. The number of hydrogen-bond donors (Lipinski definition) is 2. The van der Waals surface area contributed by atoms with Gasteiger partial charge in [-0.1, -0.05) is 0 Å². The minimum atomic E-state index is -0.151. The van der Waals surface area contributed by atoms with Crippen molar-refractivity contribution in [2.45, 2.75) is 6.92 Å². The lowest BCUT2D eigenvalue weighted by Crippen LogP contribution is -2.30. The largest absolute Gasteiger partial charge is 0.380 e. The van der Waals surface area contributed by atoms with E-state index >= 15 is 0 Å². The van der Waals surface area contributed by atoms with Gasteiger partial charge in [0, 0.05) is 26.4 Å². The van der Waals surface area contributed by atoms with E-state index in [-0.39, 0.29) is 5.91 Å². The van der Waals surface area contributed by atoms with Crippen LogP contribution in [0.1, 0.15) is 17.4 Å². The number of carbonyl (C=O) groups excluding carboxylic acids is 1. The van der Waals surface area contributed by atoms with Gasteiger partial charge in [0.25, 0.3) is 5.91 Å². The van der Waals surface area contributed by atoms with Crippen molar-refractivity contribution in [2.75, 3.05) is 32.2 Å². The van der Waals surface area contributed by atoms with E-state index in [4.69, 9.17) is 10.6 Å². The molecule has 0 fully saturated rings. The van der Waals surface area contributed by atoms with Crippen LogP contribution in [-0.4, -0.2) is 42.6 Å². The number of pyridine rings is 1. The zero-order chi connectivity index (χ0) is 12.7. The molecule has 0 radical (unpaired) electrons. The molecule has 0 aliphatic heterocycles. The molecule has 0 aliphatic carbocycles. The Morgan fingerprint density at radius 3 is 3.06 bits per heavy atom. The summed E-state index contributed by atoms with van der Waals surface area (Å²) in [7, 11) is 1.71. The van der Waals surface area contributed by atoms with Crippen LogP contribution in [0.4, 0.5) is 5.69 Å². The predicted molar refractivity (Wildman–Crippen MR) is 65.5 cm³/mol. The molecule has 0 aromatic carbocycles. The smallest absolute Gasteiger partial charge is 0.272 e. The molecule has 0 aliphatic rings. The number of likely N-dealkylation sites (N-methyl/N-ethyl adjacent to an activating group) is 1. The maximum atomic E-state index is 11.9. The van der Waals surface area contributed by atoms with E-state index in [0.29, 0.717) is 31.1 Å². The number of aromatic nitrogens is 1. The van der Waals surface area contributed by atoms with Gasteiger partial charge in [-0.3, -0.25) is 15.6 Å². The van der Waals surface area contributed by atoms with Crippen LogP contribution in [0.15, 0.2) is 18.3 Å². The van der Waals surface area contributed by atoms with Crippen LogP contribution in [0.2, 0.25) is 0 Å². The number of rotatable bonds is 6. The molecule has 3 N–H and O–H groups in total. The molecule has 0 unspecified atom stereocenters. The third-order valence-corrected chi connectivity index (χ3v) is 2.27. The lowest BCUT2D eigenvalue weighted by Gasteiger charge is -2.16. The van der Waals surface area contributed by atoms with Gasteiger partial charge in [0.15, 0.2) is 0 Å². The van der Waals surface area contributed by atoms with Crippen LogP contribution in [-0.2, 0) is 4.74 Å². The molecule has 0 saturated heterocycles. The normalized spacial score (nSPS) is 10.1. The molecular weight excluding hydrogens is 220 g/mol. The molecule has 17 heavy (non-hydrogen) atoms. The Kier molecular flexibility index (Phi) is 5.38. The fourth-order valence-electron chi connectivity index (χ4n) is 1.28. The number of carbonyl (C=O) groups is 1. The Morgan fingerprint density at radius 2 is 2.41 bits per heavy atom. The van der Waals surface area contributed by atoms with Crippen molar-refractivity contribution >= 4 is 11.6 Å². The highest BCUT2D eigenvalue weighted by Crippen LogP contribution is 2.07. The second-order valence-corrected chi connectivity index (χ2v) is 3.50. The van der Waals surface area contributed by atoms with Gasteiger partial charge in [0.2, 0.25) is 0 Å². The number of hydrogen-bond acceptors (Lipinski definition) is 5. The number of amides is 1. The van der Waals surface area contributed by atoms with Crippen LogP contribution in [0, 0.1) is 0 Å². The molecule has 6 nitrogen and oxygen atoms in total. The van der Waals surface area contributed by atoms with Gasteiger partial charge in [-0.25, -0.2) is 0 Å². The summed E-state index contributed by atoms with van der Waals surface area (Å²) in [6.07, 6.45) is 1.54. The highest BCUT2D eigenvalue weighted by Gasteiger charge is 2.12. The Labute approximate surface area is 101 Å². The van der Waals surface area contributed by atoms with Gasteiger partial charge in [0.05, 0.1) is 12.3 Å². The van der Waals surface area contributed by atoms with Gasteiger partial charge in [-0.05, 0) is 19.1 Å². The van der Waals surface area contributed by atoms with Crippen molar-refractivity contribution in [3.05, 3.63) is 24.0 Å². The zero-order valence-corrected chi connectivity index (χ0v) is 10.1. The van der Waals surface area contributed by atoms with Crippen molar-refractivity contribution in [3.63, 3.8) is 0 Å². The monoisotopic (exact) mass is 238 g/mol. The van der Waals surface area contributed by atoms with Crippen molar-refractivity contribution in [3.8, 4) is 0 Å². The summed E-state index contributed by atoms with van der Waals surface area (Å²) in [5.74, 6) is 5.12. The molecule has 6 heteroatoms. The first-order valence-corrected chi connectivity index (χ1v) is 5.45. The molecular formula is C11H18N4O2. The number of hydrazine groups is 1. The van der Waals surface area contributed by atoms with Gasteiger partial charge in [-0.2, -0.15) is 0 Å². The van der Waals surface area contributed by atoms with Crippen LogP contribution in [0.25, 0.3) is 0 Å². The van der Waals surface area contributed by atoms with Crippen LogP contribution >= 0.6 is 0 Å². The summed E-state index contributed by atoms with van der Waals surface area (Å²) >= 11 is 0. The molecule has 0 atom stereocenters. The summed E-state index contributed by atoms with van der Waals surface area (Å²) in [6.45, 7) is 3.62. The number of ether oxygens (including phenoxy) is 1. The zero-order valence-electron chi connectivity index (χ0n) is 10.1. The van der Waals surface area contributed by atoms with E-state index in [2.05, 4.69) is 10.4 Å². The van der Waals surface area contributed by atoms with Gasteiger partial charge in [0.1, 0.15) is 5.69 Å². The number of anilines is 1. The van der Waals surface area contributed by atoms with E-state index in [1.54, 1.807) is 30.3 Å². The average molecular weight is 238 g/mol. The minimum Gasteiger partial charge on any atom is -0.380 e. The second kappa shape index (κ2) is 6.82. The minimum absolute atomic E-state index is 0.151. The Balaban J connectivity index is 2.61. The van der Waals surface area contributed by atoms with Crippen molar-refractivity contribution in [1.82, 2.24) is 9.88 Å². The molecule has 1 aromatic heterocycles. The maximum absolute atomic E-state index is 11.9. The van der Waals surface area contributed by atoms with Crippen molar-refractivity contribution in [1.29, 1.82) is 0 Å². The third-order valence-electron chi connectivity index (χ3n) is 2.27. The number of nitrogen functional groups attached to an aromatic ring is 1. The Morgan fingerprint density at radius 1 is 1.65 bits per heavy atom. The van der Waals surface area contributed by atoms with Crippen LogP contribution < -0.4 is 11.3 Å². The standard InChI is InChI=1S/C11H18N4O2/c1-3-17-7-6-15(2)11(16)10-8-9(14-12)4-5-13-10/h4-5,8H,3,6-7,12H2,1-2H3,(H,13,14).